The predicted octanol–water partition coefficient (Wildman–Crippen LogP) is 2.22. The van der Waals surface area contributed by atoms with Crippen LogP contribution in [0.5, 0.6) is 5.88 Å². The zero-order valence-electron chi connectivity index (χ0n) is 14.4. The van der Waals surface area contributed by atoms with Crippen LogP contribution in [0.4, 0.5) is 10.5 Å². The fourth-order valence-corrected chi connectivity index (χ4v) is 2.86. The van der Waals surface area contributed by atoms with Gasteiger partial charge in [0, 0.05) is 51.2 Å². The average molecular weight is 341 g/mol. The molecule has 7 nitrogen and oxygen atoms in total. The Morgan fingerprint density at radius 2 is 2.12 bits per heavy atom. The standard InChI is InChI=1S/C18H23N5O2/c1-25-17-6-5-16(13-20-17)21-18(24)23-9-3-8-22(10-11-23)14-15-4-2-7-19-12-15/h2,4-7,12-13H,3,8-11,14H2,1H3,(H,21,24). The first-order chi connectivity index (χ1) is 12.2. The molecule has 3 heterocycles. The second-order valence-electron chi connectivity index (χ2n) is 6.00. The second-order valence-corrected chi connectivity index (χ2v) is 6.00. The van der Waals surface area contributed by atoms with Gasteiger partial charge in [-0.05, 0) is 24.1 Å². The molecule has 0 saturated carbocycles. The molecule has 2 aromatic heterocycles. The van der Waals surface area contributed by atoms with Gasteiger partial charge in [-0.25, -0.2) is 9.78 Å². The van der Waals surface area contributed by atoms with E-state index >= 15 is 0 Å². The molecule has 3 rings (SSSR count). The van der Waals surface area contributed by atoms with Gasteiger partial charge in [0.2, 0.25) is 5.88 Å². The maximum atomic E-state index is 12.5. The van der Waals surface area contributed by atoms with Gasteiger partial charge >= 0.3 is 6.03 Å². The number of ether oxygens (including phenoxy) is 1. The number of carbonyl (C=O) groups is 1. The van der Waals surface area contributed by atoms with E-state index in [1.54, 1.807) is 31.6 Å². The zero-order valence-corrected chi connectivity index (χ0v) is 14.4. The van der Waals surface area contributed by atoms with E-state index in [0.29, 0.717) is 18.1 Å². The van der Waals surface area contributed by atoms with Crippen molar-refractivity contribution >= 4 is 11.7 Å². The molecular weight excluding hydrogens is 318 g/mol. The van der Waals surface area contributed by atoms with Crippen LogP contribution >= 0.6 is 0 Å². The fraction of sp³-hybridized carbons (Fsp3) is 0.389. The molecular formula is C18H23N5O2. The normalized spacial score (nSPS) is 15.5. The summed E-state index contributed by atoms with van der Waals surface area (Å²) in [5, 5.41) is 2.90. The summed E-state index contributed by atoms with van der Waals surface area (Å²) in [7, 11) is 1.56. The summed E-state index contributed by atoms with van der Waals surface area (Å²) in [6, 6.07) is 7.47. The smallest absolute Gasteiger partial charge is 0.321 e. The highest BCUT2D eigenvalue weighted by atomic mass is 16.5. The van der Waals surface area contributed by atoms with Crippen molar-refractivity contribution < 1.29 is 9.53 Å². The number of carbonyl (C=O) groups excluding carboxylic acids is 1. The summed E-state index contributed by atoms with van der Waals surface area (Å²) in [4.78, 5) is 24.9. The van der Waals surface area contributed by atoms with Gasteiger partial charge in [-0.15, -0.1) is 0 Å². The van der Waals surface area contributed by atoms with Crippen LogP contribution in [-0.4, -0.2) is 59.1 Å². The Hall–Kier alpha value is -2.67. The lowest BCUT2D eigenvalue weighted by atomic mass is 10.2. The monoisotopic (exact) mass is 341 g/mol. The van der Waals surface area contributed by atoms with E-state index in [-0.39, 0.29) is 6.03 Å². The number of amides is 2. The van der Waals surface area contributed by atoms with Gasteiger partial charge in [0.05, 0.1) is 19.0 Å². The number of urea groups is 1. The summed E-state index contributed by atoms with van der Waals surface area (Å²) < 4.78 is 5.02. The van der Waals surface area contributed by atoms with E-state index in [4.69, 9.17) is 4.74 Å². The van der Waals surface area contributed by atoms with E-state index in [0.717, 1.165) is 32.6 Å². The Kier molecular flexibility index (Phi) is 5.79. The van der Waals surface area contributed by atoms with E-state index < -0.39 is 0 Å². The number of pyridine rings is 2. The van der Waals surface area contributed by atoms with Crippen LogP contribution in [0.1, 0.15) is 12.0 Å². The molecule has 0 atom stereocenters. The van der Waals surface area contributed by atoms with Gasteiger partial charge in [0.15, 0.2) is 0 Å². The van der Waals surface area contributed by atoms with E-state index in [1.807, 2.05) is 17.2 Å². The topological polar surface area (TPSA) is 70.6 Å². The maximum absolute atomic E-state index is 12.5. The third-order valence-corrected chi connectivity index (χ3v) is 4.20. The van der Waals surface area contributed by atoms with Crippen molar-refractivity contribution in [3.8, 4) is 5.88 Å². The fourth-order valence-electron chi connectivity index (χ4n) is 2.86. The van der Waals surface area contributed by atoms with Crippen LogP contribution in [-0.2, 0) is 6.54 Å². The number of nitrogens with zero attached hydrogens (tertiary/aromatic N) is 4. The average Bonchev–Trinajstić information content (AvgIpc) is 2.89. The largest absolute Gasteiger partial charge is 0.481 e. The molecule has 1 aliphatic heterocycles. The van der Waals surface area contributed by atoms with Crippen LogP contribution in [0.15, 0.2) is 42.9 Å². The molecule has 132 valence electrons. The van der Waals surface area contributed by atoms with Crippen molar-refractivity contribution in [1.29, 1.82) is 0 Å². The molecule has 25 heavy (non-hydrogen) atoms. The van der Waals surface area contributed by atoms with Crippen molar-refractivity contribution in [3.63, 3.8) is 0 Å². The van der Waals surface area contributed by atoms with Crippen LogP contribution in [0.2, 0.25) is 0 Å². The number of aromatic nitrogens is 2. The first-order valence-corrected chi connectivity index (χ1v) is 8.42. The molecule has 0 aliphatic carbocycles. The van der Waals surface area contributed by atoms with Crippen LogP contribution in [0.25, 0.3) is 0 Å². The number of nitrogens with one attached hydrogen (secondary N) is 1. The maximum Gasteiger partial charge on any atom is 0.321 e. The minimum atomic E-state index is -0.0878. The Morgan fingerprint density at radius 1 is 1.20 bits per heavy atom. The van der Waals surface area contributed by atoms with Gasteiger partial charge in [-0.3, -0.25) is 9.88 Å². The minimum Gasteiger partial charge on any atom is -0.481 e. The second kappa shape index (κ2) is 8.43. The molecule has 1 aliphatic rings. The quantitative estimate of drug-likeness (QED) is 0.923. The number of rotatable bonds is 4. The lowest BCUT2D eigenvalue weighted by molar-refractivity contribution is 0.211. The highest BCUT2D eigenvalue weighted by Gasteiger charge is 2.19. The Labute approximate surface area is 147 Å². The molecule has 0 unspecified atom stereocenters. The molecule has 2 amide bonds. The molecule has 7 heteroatoms. The van der Waals surface area contributed by atoms with Crippen LogP contribution in [0.3, 0.4) is 0 Å². The first-order valence-electron chi connectivity index (χ1n) is 8.42. The summed E-state index contributed by atoms with van der Waals surface area (Å²) in [5.41, 5.74) is 1.87. The molecule has 1 fully saturated rings. The van der Waals surface area contributed by atoms with Gasteiger partial charge < -0.3 is 15.0 Å². The third-order valence-electron chi connectivity index (χ3n) is 4.20. The highest BCUT2D eigenvalue weighted by molar-refractivity contribution is 5.89. The lowest BCUT2D eigenvalue weighted by Gasteiger charge is -2.22. The minimum absolute atomic E-state index is 0.0878. The Balaban J connectivity index is 1.52. The lowest BCUT2D eigenvalue weighted by Crippen LogP contribution is -2.38. The highest BCUT2D eigenvalue weighted by Crippen LogP contribution is 2.13. The first kappa shape index (κ1) is 17.2. The molecule has 1 saturated heterocycles. The molecule has 0 spiro atoms. The summed E-state index contributed by atoms with van der Waals surface area (Å²) in [6.07, 6.45) is 6.23. The zero-order chi connectivity index (χ0) is 17.5. The SMILES string of the molecule is COc1ccc(NC(=O)N2CCCN(Cc3cccnc3)CC2)cn1. The van der Waals surface area contributed by atoms with Crippen molar-refractivity contribution in [1.82, 2.24) is 19.8 Å². The van der Waals surface area contributed by atoms with Crippen LogP contribution in [0, 0.1) is 0 Å². The van der Waals surface area contributed by atoms with Crippen LogP contribution < -0.4 is 10.1 Å². The summed E-state index contributed by atoms with van der Waals surface area (Å²) in [5.74, 6) is 0.527. The van der Waals surface area contributed by atoms with E-state index in [2.05, 4.69) is 26.3 Å². The predicted molar refractivity (Wildman–Crippen MR) is 95.5 cm³/mol. The number of hydrogen-bond donors (Lipinski definition) is 1. The van der Waals surface area contributed by atoms with Gasteiger partial charge in [-0.2, -0.15) is 0 Å². The number of anilines is 1. The Bertz CT molecular complexity index is 678. The van der Waals surface area contributed by atoms with Crippen molar-refractivity contribution in [2.24, 2.45) is 0 Å². The van der Waals surface area contributed by atoms with Gasteiger partial charge in [0.1, 0.15) is 0 Å². The molecule has 2 aromatic rings. The van der Waals surface area contributed by atoms with Crippen molar-refractivity contribution in [2.45, 2.75) is 13.0 Å². The summed E-state index contributed by atoms with van der Waals surface area (Å²) in [6.45, 7) is 4.15. The van der Waals surface area contributed by atoms with Crippen molar-refractivity contribution in [3.05, 3.63) is 48.4 Å². The third kappa shape index (κ3) is 4.90. The van der Waals surface area contributed by atoms with Gasteiger partial charge in [0.25, 0.3) is 0 Å². The van der Waals surface area contributed by atoms with Gasteiger partial charge in [-0.1, -0.05) is 6.07 Å². The number of hydrogen-bond acceptors (Lipinski definition) is 5. The molecule has 0 radical (unpaired) electrons. The van der Waals surface area contributed by atoms with E-state index in [1.165, 1.54) is 5.56 Å². The van der Waals surface area contributed by atoms with Crippen molar-refractivity contribution in [2.75, 3.05) is 38.6 Å². The van der Waals surface area contributed by atoms with E-state index in [9.17, 15) is 4.79 Å². The Morgan fingerprint density at radius 3 is 2.84 bits per heavy atom. The molecule has 0 bridgehead atoms. The summed E-state index contributed by atoms with van der Waals surface area (Å²) >= 11 is 0. The number of methoxy groups -OCH3 is 1. The molecule has 1 N–H and O–H groups in total. The molecule has 0 aromatic carbocycles.